The van der Waals surface area contributed by atoms with Gasteiger partial charge in [-0.3, -0.25) is 4.79 Å². The Morgan fingerprint density at radius 2 is 1.97 bits per heavy atom. The van der Waals surface area contributed by atoms with Gasteiger partial charge in [-0.2, -0.15) is 5.26 Å². The molecule has 0 saturated carbocycles. The SMILES string of the molecule is N#Cc1cc(Cl)cc(Oc2c(Cl)ccc(CNC(=O)c3[nH]c4cc(OCCO)ccc4c3Br)c2F)c1. The first kappa shape index (κ1) is 25.8. The largest absolute Gasteiger partial charge is 0.491 e. The molecular weight excluding hydrogens is 576 g/mol. The minimum Gasteiger partial charge on any atom is -0.491 e. The van der Waals surface area contributed by atoms with Gasteiger partial charge in [0.05, 0.1) is 33.3 Å². The van der Waals surface area contributed by atoms with Crippen molar-refractivity contribution < 1.29 is 23.8 Å². The summed E-state index contributed by atoms with van der Waals surface area (Å²) in [7, 11) is 0. The maximum Gasteiger partial charge on any atom is 0.269 e. The second-order valence-corrected chi connectivity index (χ2v) is 9.15. The molecule has 0 aliphatic heterocycles. The zero-order valence-electron chi connectivity index (χ0n) is 18.4. The summed E-state index contributed by atoms with van der Waals surface area (Å²) in [5, 5.41) is 21.7. The number of benzene rings is 3. The third-order valence-electron chi connectivity index (χ3n) is 5.08. The maximum absolute atomic E-state index is 15.2. The Morgan fingerprint density at radius 1 is 1.17 bits per heavy atom. The minimum atomic E-state index is -0.761. The van der Waals surface area contributed by atoms with Crippen LogP contribution in [0, 0.1) is 17.1 Å². The van der Waals surface area contributed by atoms with Crippen molar-refractivity contribution >= 4 is 55.9 Å². The van der Waals surface area contributed by atoms with Crippen molar-refractivity contribution in [2.75, 3.05) is 13.2 Å². The van der Waals surface area contributed by atoms with Crippen LogP contribution in [-0.2, 0) is 6.54 Å². The number of carbonyl (C=O) groups excluding carboxylic acids is 1. The van der Waals surface area contributed by atoms with E-state index in [0.29, 0.717) is 15.7 Å². The van der Waals surface area contributed by atoms with E-state index in [1.54, 1.807) is 18.2 Å². The fourth-order valence-corrected chi connectivity index (χ4v) is 4.46. The van der Waals surface area contributed by atoms with Crippen LogP contribution in [0.15, 0.2) is 53.0 Å². The number of hydrogen-bond acceptors (Lipinski definition) is 5. The smallest absolute Gasteiger partial charge is 0.269 e. The van der Waals surface area contributed by atoms with Gasteiger partial charge in [-0.1, -0.05) is 29.3 Å². The predicted molar refractivity (Wildman–Crippen MR) is 137 cm³/mol. The number of aliphatic hydroxyl groups is 1. The zero-order chi connectivity index (χ0) is 25.8. The third-order valence-corrected chi connectivity index (χ3v) is 6.42. The van der Waals surface area contributed by atoms with E-state index >= 15 is 4.39 Å². The molecule has 0 aliphatic carbocycles. The fraction of sp³-hybridized carbons (Fsp3) is 0.120. The van der Waals surface area contributed by atoms with Crippen molar-refractivity contribution in [1.82, 2.24) is 10.3 Å². The number of H-pyrrole nitrogens is 1. The van der Waals surface area contributed by atoms with Crippen molar-refractivity contribution in [3.63, 3.8) is 0 Å². The molecule has 3 aromatic carbocycles. The average molecular weight is 593 g/mol. The summed E-state index contributed by atoms with van der Waals surface area (Å²) in [6.07, 6.45) is 0. The van der Waals surface area contributed by atoms with Gasteiger partial charge in [0.2, 0.25) is 0 Å². The quantitative estimate of drug-likeness (QED) is 0.221. The monoisotopic (exact) mass is 591 g/mol. The van der Waals surface area contributed by atoms with E-state index < -0.39 is 11.7 Å². The number of fused-ring (bicyclic) bond motifs is 1. The van der Waals surface area contributed by atoms with Gasteiger partial charge >= 0.3 is 0 Å². The second-order valence-electron chi connectivity index (χ2n) is 7.52. The van der Waals surface area contributed by atoms with Crippen LogP contribution in [0.3, 0.4) is 0 Å². The molecule has 0 saturated heterocycles. The zero-order valence-corrected chi connectivity index (χ0v) is 21.5. The molecule has 0 radical (unpaired) electrons. The fourth-order valence-electron chi connectivity index (χ4n) is 3.42. The number of carbonyl (C=O) groups is 1. The van der Waals surface area contributed by atoms with E-state index in [1.165, 1.54) is 30.3 Å². The number of aromatic amines is 1. The number of nitrogens with one attached hydrogen (secondary N) is 2. The Labute approximate surface area is 223 Å². The molecule has 1 amide bonds. The number of aromatic nitrogens is 1. The van der Waals surface area contributed by atoms with Gasteiger partial charge in [-0.05, 0) is 52.3 Å². The molecule has 0 bridgehead atoms. The van der Waals surface area contributed by atoms with Crippen molar-refractivity contribution in [3.8, 4) is 23.3 Å². The van der Waals surface area contributed by atoms with Crippen molar-refractivity contribution in [2.24, 2.45) is 0 Å². The first-order valence-corrected chi connectivity index (χ1v) is 12.0. The summed E-state index contributed by atoms with van der Waals surface area (Å²) in [4.78, 5) is 15.9. The molecule has 7 nitrogen and oxygen atoms in total. The molecule has 0 spiro atoms. The Hall–Kier alpha value is -3.29. The van der Waals surface area contributed by atoms with Gasteiger partial charge in [-0.25, -0.2) is 4.39 Å². The summed E-state index contributed by atoms with van der Waals surface area (Å²) >= 11 is 15.6. The van der Waals surface area contributed by atoms with Gasteiger partial charge in [-0.15, -0.1) is 0 Å². The third kappa shape index (κ3) is 5.58. The molecule has 0 unspecified atom stereocenters. The predicted octanol–water partition coefficient (Wildman–Crippen LogP) is 6.34. The number of hydrogen-bond donors (Lipinski definition) is 3. The van der Waals surface area contributed by atoms with E-state index in [-0.39, 0.29) is 58.1 Å². The van der Waals surface area contributed by atoms with Crippen LogP contribution in [-0.4, -0.2) is 29.2 Å². The van der Waals surface area contributed by atoms with Gasteiger partial charge in [0.1, 0.15) is 23.8 Å². The van der Waals surface area contributed by atoms with E-state index in [9.17, 15) is 4.79 Å². The minimum absolute atomic E-state index is 0.0126. The van der Waals surface area contributed by atoms with Crippen molar-refractivity contribution in [3.05, 3.63) is 85.7 Å². The first-order valence-electron chi connectivity index (χ1n) is 10.5. The summed E-state index contributed by atoms with van der Waals surface area (Å²) in [5.41, 5.74) is 1.28. The van der Waals surface area contributed by atoms with Gasteiger partial charge < -0.3 is 24.9 Å². The van der Waals surface area contributed by atoms with Crippen LogP contribution in [0.25, 0.3) is 10.9 Å². The standard InChI is InChI=1S/C25H17BrCl2FN3O4/c26-21-18-3-2-16(35-6-5-33)10-20(18)32-23(21)25(34)31-12-14-1-4-19(28)24(22(14)29)36-17-8-13(11-30)7-15(27)9-17/h1-4,7-10,32-33H,5-6,12H2,(H,31,34). The first-order chi connectivity index (χ1) is 17.3. The second kappa shape index (κ2) is 11.2. The van der Waals surface area contributed by atoms with Crippen LogP contribution in [0.4, 0.5) is 4.39 Å². The van der Waals surface area contributed by atoms with Gasteiger partial charge in [0.25, 0.3) is 5.91 Å². The highest BCUT2D eigenvalue weighted by Gasteiger charge is 2.19. The Bertz CT molecular complexity index is 1500. The molecule has 11 heteroatoms. The molecule has 36 heavy (non-hydrogen) atoms. The molecular formula is C25H17BrCl2FN3O4. The van der Waals surface area contributed by atoms with Crippen LogP contribution in [0.1, 0.15) is 21.6 Å². The number of aliphatic hydroxyl groups excluding tert-OH is 1. The summed E-state index contributed by atoms with van der Waals surface area (Å²) in [5.74, 6) is -0.805. The lowest BCUT2D eigenvalue weighted by Gasteiger charge is -2.13. The topological polar surface area (TPSA) is 107 Å². The number of nitriles is 1. The Morgan fingerprint density at radius 3 is 2.72 bits per heavy atom. The molecule has 184 valence electrons. The molecule has 0 aliphatic rings. The lowest BCUT2D eigenvalue weighted by molar-refractivity contribution is 0.0945. The van der Waals surface area contributed by atoms with E-state index in [4.69, 9.17) is 43.0 Å². The van der Waals surface area contributed by atoms with Gasteiger partial charge in [0.15, 0.2) is 11.6 Å². The average Bonchev–Trinajstić information content (AvgIpc) is 3.20. The number of rotatable bonds is 8. The van der Waals surface area contributed by atoms with Crippen LogP contribution < -0.4 is 14.8 Å². The van der Waals surface area contributed by atoms with E-state index in [2.05, 4.69) is 26.2 Å². The number of amides is 1. The number of ether oxygens (including phenoxy) is 2. The molecule has 0 fully saturated rings. The summed E-state index contributed by atoms with van der Waals surface area (Å²) < 4.78 is 26.8. The molecule has 3 N–H and O–H groups in total. The lowest BCUT2D eigenvalue weighted by Crippen LogP contribution is -2.24. The Balaban J connectivity index is 1.53. The molecule has 1 aromatic heterocycles. The highest BCUT2D eigenvalue weighted by Crippen LogP contribution is 2.35. The van der Waals surface area contributed by atoms with Crippen LogP contribution in [0.5, 0.6) is 17.2 Å². The molecule has 1 heterocycles. The van der Waals surface area contributed by atoms with E-state index in [1.807, 2.05) is 6.07 Å². The van der Waals surface area contributed by atoms with Crippen LogP contribution >= 0.6 is 39.1 Å². The lowest BCUT2D eigenvalue weighted by atomic mass is 10.2. The highest BCUT2D eigenvalue weighted by molar-refractivity contribution is 9.10. The van der Waals surface area contributed by atoms with Gasteiger partial charge in [0, 0.05) is 28.6 Å². The summed E-state index contributed by atoms with van der Waals surface area (Å²) in [6, 6.07) is 14.3. The highest BCUT2D eigenvalue weighted by atomic mass is 79.9. The Kier molecular flexibility index (Phi) is 8.01. The molecule has 4 rings (SSSR count). The molecule has 0 atom stereocenters. The normalized spacial score (nSPS) is 10.8. The molecule has 4 aromatic rings. The summed E-state index contributed by atoms with van der Waals surface area (Å²) in [6.45, 7) is -0.117. The number of nitrogens with zero attached hydrogens (tertiary/aromatic N) is 1. The van der Waals surface area contributed by atoms with Crippen molar-refractivity contribution in [1.29, 1.82) is 5.26 Å². The van der Waals surface area contributed by atoms with Crippen molar-refractivity contribution in [2.45, 2.75) is 6.54 Å². The number of halogens is 4. The maximum atomic E-state index is 15.2. The van der Waals surface area contributed by atoms with Crippen LogP contribution in [0.2, 0.25) is 10.0 Å². The van der Waals surface area contributed by atoms with E-state index in [0.717, 1.165) is 5.39 Å².